The predicted molar refractivity (Wildman–Crippen MR) is 109 cm³/mol. The number of sulfonamides is 1. The fourth-order valence-electron chi connectivity index (χ4n) is 3.33. The molecule has 9 heteroatoms. The summed E-state index contributed by atoms with van der Waals surface area (Å²) in [5.41, 5.74) is 0.788. The smallest absolute Gasteiger partial charge is 0.241 e. The van der Waals surface area contributed by atoms with Crippen molar-refractivity contribution in [3.05, 3.63) is 42.0 Å². The Morgan fingerprint density at radius 1 is 1.24 bits per heavy atom. The van der Waals surface area contributed by atoms with Gasteiger partial charge in [-0.05, 0) is 43.0 Å². The number of imidazole rings is 1. The highest BCUT2D eigenvalue weighted by molar-refractivity contribution is 7.89. The van der Waals surface area contributed by atoms with Crippen molar-refractivity contribution in [2.45, 2.75) is 57.1 Å². The van der Waals surface area contributed by atoms with Crippen LogP contribution in [-0.2, 0) is 34.3 Å². The van der Waals surface area contributed by atoms with Crippen LogP contribution in [0.4, 0.5) is 0 Å². The maximum absolute atomic E-state index is 12.7. The minimum absolute atomic E-state index is 0.0820. The molecule has 0 fully saturated rings. The average molecular weight is 421 g/mol. The van der Waals surface area contributed by atoms with Gasteiger partial charge in [-0.3, -0.25) is 4.79 Å². The van der Waals surface area contributed by atoms with E-state index in [4.69, 9.17) is 4.74 Å². The molecule has 29 heavy (non-hydrogen) atoms. The van der Waals surface area contributed by atoms with E-state index in [0.29, 0.717) is 5.75 Å². The van der Waals surface area contributed by atoms with Gasteiger partial charge in [0.15, 0.2) is 0 Å². The van der Waals surface area contributed by atoms with Crippen molar-refractivity contribution in [1.29, 1.82) is 0 Å². The van der Waals surface area contributed by atoms with E-state index in [0.717, 1.165) is 37.3 Å². The monoisotopic (exact) mass is 420 g/mol. The number of nitrogens with zero attached hydrogens (tertiary/aromatic N) is 2. The van der Waals surface area contributed by atoms with E-state index < -0.39 is 16.1 Å². The van der Waals surface area contributed by atoms with Crippen LogP contribution in [0.5, 0.6) is 5.75 Å². The van der Waals surface area contributed by atoms with E-state index in [2.05, 4.69) is 19.6 Å². The van der Waals surface area contributed by atoms with E-state index in [-0.39, 0.29) is 23.3 Å². The van der Waals surface area contributed by atoms with Gasteiger partial charge >= 0.3 is 0 Å². The van der Waals surface area contributed by atoms with Gasteiger partial charge in [-0.1, -0.05) is 13.8 Å². The number of hydrogen-bond acceptors (Lipinski definition) is 5. The molecule has 0 saturated carbocycles. The summed E-state index contributed by atoms with van der Waals surface area (Å²) in [6.07, 6.45) is 5.17. The number of fused-ring (bicyclic) bond motifs is 1. The minimum atomic E-state index is -3.85. The van der Waals surface area contributed by atoms with Crippen LogP contribution in [0.15, 0.2) is 35.4 Å². The topological polar surface area (TPSA) is 102 Å². The summed E-state index contributed by atoms with van der Waals surface area (Å²) < 4.78 is 35.1. The molecule has 0 saturated heterocycles. The first kappa shape index (κ1) is 21.3. The van der Waals surface area contributed by atoms with Crippen LogP contribution in [0.1, 0.15) is 38.2 Å². The summed E-state index contributed by atoms with van der Waals surface area (Å²) in [6.45, 7) is 4.82. The maximum atomic E-state index is 12.7. The number of methoxy groups -OCH3 is 1. The quantitative estimate of drug-likeness (QED) is 0.679. The summed E-state index contributed by atoms with van der Waals surface area (Å²) in [6, 6.07) is 5.15. The van der Waals surface area contributed by atoms with Crippen molar-refractivity contribution in [3.8, 4) is 5.75 Å². The second kappa shape index (κ2) is 8.96. The molecule has 1 aromatic heterocycles. The molecule has 0 aliphatic carbocycles. The second-order valence-corrected chi connectivity index (χ2v) is 9.25. The van der Waals surface area contributed by atoms with Gasteiger partial charge in [-0.2, -0.15) is 4.72 Å². The van der Waals surface area contributed by atoms with E-state index in [1.807, 2.05) is 6.20 Å². The molecule has 1 atom stereocenters. The summed E-state index contributed by atoms with van der Waals surface area (Å²) in [7, 11) is -2.33. The Morgan fingerprint density at radius 3 is 2.59 bits per heavy atom. The van der Waals surface area contributed by atoms with Gasteiger partial charge in [0.25, 0.3) is 0 Å². The summed E-state index contributed by atoms with van der Waals surface area (Å²) in [5.74, 6) is 1.01. The number of nitrogens with one attached hydrogen (secondary N) is 2. The Labute approximate surface area is 171 Å². The van der Waals surface area contributed by atoms with Crippen molar-refractivity contribution in [3.63, 3.8) is 0 Å². The third-order valence-corrected chi connectivity index (χ3v) is 6.46. The van der Waals surface area contributed by atoms with Gasteiger partial charge in [0.05, 0.1) is 24.2 Å². The van der Waals surface area contributed by atoms with Crippen molar-refractivity contribution >= 4 is 15.9 Å². The third-order valence-electron chi connectivity index (χ3n) is 5.00. The maximum Gasteiger partial charge on any atom is 0.241 e. The van der Waals surface area contributed by atoms with Crippen LogP contribution in [-0.4, -0.2) is 37.0 Å². The number of aryl methyl sites for hydroxylation is 2. The standard InChI is InChI=1S/C20H28N4O4S/c1-14(2)19(23-29(26,27)17-9-7-16(28-3)8-10-17)20(25)21-12-15-13-24-11-5-4-6-18(24)22-15/h7-10,13-14,19,23H,4-6,11-12H2,1-3H3,(H,21,25)/t19-/m0/s1. The van der Waals surface area contributed by atoms with Crippen molar-refractivity contribution in [2.75, 3.05) is 7.11 Å². The Morgan fingerprint density at radius 2 is 1.97 bits per heavy atom. The SMILES string of the molecule is COc1ccc(S(=O)(=O)N[C@H](C(=O)NCc2cn3c(n2)CCCC3)C(C)C)cc1. The van der Waals surface area contributed by atoms with Crippen LogP contribution in [0, 0.1) is 5.92 Å². The van der Waals surface area contributed by atoms with E-state index in [1.54, 1.807) is 26.0 Å². The Bertz CT molecular complexity index is 928. The Balaban J connectivity index is 1.66. The van der Waals surface area contributed by atoms with Gasteiger partial charge in [0.2, 0.25) is 15.9 Å². The lowest BCUT2D eigenvalue weighted by molar-refractivity contribution is -0.123. The molecule has 158 valence electrons. The molecular formula is C20H28N4O4S. The average Bonchev–Trinajstić information content (AvgIpc) is 3.13. The van der Waals surface area contributed by atoms with Gasteiger partial charge in [0, 0.05) is 19.2 Å². The summed E-state index contributed by atoms with van der Waals surface area (Å²) >= 11 is 0. The van der Waals surface area contributed by atoms with Crippen LogP contribution in [0.3, 0.4) is 0 Å². The van der Waals surface area contributed by atoms with Gasteiger partial charge in [-0.25, -0.2) is 13.4 Å². The van der Waals surface area contributed by atoms with Crippen LogP contribution in [0.25, 0.3) is 0 Å². The molecule has 2 N–H and O–H groups in total. The highest BCUT2D eigenvalue weighted by Gasteiger charge is 2.28. The first-order valence-electron chi connectivity index (χ1n) is 9.79. The van der Waals surface area contributed by atoms with Crippen LogP contribution >= 0.6 is 0 Å². The lowest BCUT2D eigenvalue weighted by atomic mass is 10.1. The van der Waals surface area contributed by atoms with Gasteiger partial charge in [0.1, 0.15) is 17.6 Å². The molecule has 2 aromatic rings. The first-order valence-corrected chi connectivity index (χ1v) is 11.3. The zero-order valence-corrected chi connectivity index (χ0v) is 17.8. The molecular weight excluding hydrogens is 392 g/mol. The number of hydrogen-bond donors (Lipinski definition) is 2. The van der Waals surface area contributed by atoms with Crippen molar-refractivity contribution in [2.24, 2.45) is 5.92 Å². The lowest BCUT2D eigenvalue weighted by Crippen LogP contribution is -2.49. The Hall–Kier alpha value is -2.39. The molecule has 1 aromatic carbocycles. The largest absolute Gasteiger partial charge is 0.497 e. The lowest BCUT2D eigenvalue weighted by Gasteiger charge is -2.21. The number of carbonyl (C=O) groups is 1. The molecule has 1 amide bonds. The molecule has 8 nitrogen and oxygen atoms in total. The number of aromatic nitrogens is 2. The third kappa shape index (κ3) is 5.16. The highest BCUT2D eigenvalue weighted by atomic mass is 32.2. The number of ether oxygens (including phenoxy) is 1. The van der Waals surface area contributed by atoms with Crippen molar-refractivity contribution < 1.29 is 17.9 Å². The van der Waals surface area contributed by atoms with Crippen LogP contribution < -0.4 is 14.8 Å². The minimum Gasteiger partial charge on any atom is -0.497 e. The molecule has 0 radical (unpaired) electrons. The summed E-state index contributed by atoms with van der Waals surface area (Å²) in [5, 5.41) is 2.82. The van der Waals surface area contributed by atoms with Gasteiger partial charge < -0.3 is 14.6 Å². The summed E-state index contributed by atoms with van der Waals surface area (Å²) in [4.78, 5) is 17.4. The molecule has 2 heterocycles. The van der Waals surface area contributed by atoms with Crippen molar-refractivity contribution in [1.82, 2.24) is 19.6 Å². The van der Waals surface area contributed by atoms with E-state index >= 15 is 0 Å². The highest BCUT2D eigenvalue weighted by Crippen LogP contribution is 2.17. The molecule has 1 aliphatic rings. The predicted octanol–water partition coefficient (Wildman–Crippen LogP) is 1.85. The number of carbonyl (C=O) groups excluding carboxylic acids is 1. The van der Waals surface area contributed by atoms with E-state index in [9.17, 15) is 13.2 Å². The van der Waals surface area contributed by atoms with Gasteiger partial charge in [-0.15, -0.1) is 0 Å². The number of benzene rings is 1. The number of rotatable bonds is 8. The molecule has 1 aliphatic heterocycles. The normalized spacial score (nSPS) is 15.0. The van der Waals surface area contributed by atoms with E-state index in [1.165, 1.54) is 19.2 Å². The molecule has 0 bridgehead atoms. The second-order valence-electron chi connectivity index (χ2n) is 7.54. The molecule has 0 unspecified atom stereocenters. The molecule has 3 rings (SSSR count). The zero-order chi connectivity index (χ0) is 21.0. The zero-order valence-electron chi connectivity index (χ0n) is 17.0. The molecule has 0 spiro atoms. The fraction of sp³-hybridized carbons (Fsp3) is 0.500. The number of amides is 1. The fourth-order valence-corrected chi connectivity index (χ4v) is 4.67. The first-order chi connectivity index (χ1) is 13.8. The Kier molecular flexibility index (Phi) is 6.59. The van der Waals surface area contributed by atoms with Crippen LogP contribution in [0.2, 0.25) is 0 Å².